The summed E-state index contributed by atoms with van der Waals surface area (Å²) in [5.41, 5.74) is 0. The highest BCUT2D eigenvalue weighted by atomic mass is 16.5. The van der Waals surface area contributed by atoms with Crippen molar-refractivity contribution < 1.29 is 4.74 Å². The zero-order valence-corrected chi connectivity index (χ0v) is 14.7. The first-order valence-corrected chi connectivity index (χ1v) is 8.75. The first-order chi connectivity index (χ1) is 10.0. The van der Waals surface area contributed by atoms with Gasteiger partial charge in [0.05, 0.1) is 6.61 Å². The fourth-order valence-electron chi connectivity index (χ4n) is 3.92. The quantitative estimate of drug-likeness (QED) is 0.771. The Morgan fingerprint density at radius 2 is 1.52 bits per heavy atom. The minimum absolute atomic E-state index is 0.571. The Kier molecular flexibility index (Phi) is 6.48. The van der Waals surface area contributed by atoms with E-state index in [9.17, 15) is 0 Å². The standard InChI is InChI=1S/C17H35N3O/c1-14(2)18-8-6-16(7-9-18)20-11-10-19(15(3)4)12-17(20)13-21-5/h14-17H,6-13H2,1-5H3/t17-/m1/s1. The van der Waals surface area contributed by atoms with Crippen molar-refractivity contribution in [3.05, 3.63) is 0 Å². The third-order valence-electron chi connectivity index (χ3n) is 5.35. The van der Waals surface area contributed by atoms with Crippen LogP contribution in [0.3, 0.4) is 0 Å². The number of rotatable bonds is 5. The Hall–Kier alpha value is -0.160. The molecule has 4 heteroatoms. The highest BCUT2D eigenvalue weighted by molar-refractivity contribution is 4.90. The molecule has 0 aromatic rings. The van der Waals surface area contributed by atoms with Crippen molar-refractivity contribution in [1.82, 2.24) is 14.7 Å². The van der Waals surface area contributed by atoms with Crippen molar-refractivity contribution in [2.24, 2.45) is 0 Å². The zero-order valence-electron chi connectivity index (χ0n) is 14.7. The van der Waals surface area contributed by atoms with Gasteiger partial charge in [0.25, 0.3) is 0 Å². The average molecular weight is 297 g/mol. The van der Waals surface area contributed by atoms with Crippen LogP contribution in [-0.4, -0.2) is 85.3 Å². The second-order valence-corrected chi connectivity index (χ2v) is 7.30. The summed E-state index contributed by atoms with van der Waals surface area (Å²) in [4.78, 5) is 7.97. The second kappa shape index (κ2) is 7.91. The molecule has 0 N–H and O–H groups in total. The number of nitrogens with zero attached hydrogens (tertiary/aromatic N) is 3. The lowest BCUT2D eigenvalue weighted by molar-refractivity contribution is -0.0260. The van der Waals surface area contributed by atoms with E-state index in [1.807, 2.05) is 7.11 Å². The first-order valence-electron chi connectivity index (χ1n) is 8.75. The van der Waals surface area contributed by atoms with Crippen LogP contribution in [-0.2, 0) is 4.74 Å². The van der Waals surface area contributed by atoms with Crippen molar-refractivity contribution in [1.29, 1.82) is 0 Å². The summed E-state index contributed by atoms with van der Waals surface area (Å²) in [7, 11) is 1.84. The van der Waals surface area contributed by atoms with Gasteiger partial charge in [-0.05, 0) is 53.6 Å². The topological polar surface area (TPSA) is 19.0 Å². The summed E-state index contributed by atoms with van der Waals surface area (Å²) in [5.74, 6) is 0. The molecule has 0 unspecified atom stereocenters. The maximum atomic E-state index is 5.51. The van der Waals surface area contributed by atoms with Gasteiger partial charge in [-0.15, -0.1) is 0 Å². The van der Waals surface area contributed by atoms with E-state index in [0.717, 1.165) is 19.2 Å². The van der Waals surface area contributed by atoms with Gasteiger partial charge in [-0.2, -0.15) is 0 Å². The summed E-state index contributed by atoms with van der Waals surface area (Å²) >= 11 is 0. The molecule has 0 bridgehead atoms. The largest absolute Gasteiger partial charge is 0.383 e. The Bertz CT molecular complexity index is 300. The molecule has 0 amide bonds. The number of piperazine rings is 1. The summed E-state index contributed by atoms with van der Waals surface area (Å²) in [6.45, 7) is 16.2. The van der Waals surface area contributed by atoms with E-state index < -0.39 is 0 Å². The normalized spacial score (nSPS) is 27.9. The van der Waals surface area contributed by atoms with Crippen LogP contribution in [0, 0.1) is 0 Å². The van der Waals surface area contributed by atoms with Gasteiger partial charge in [0, 0.05) is 50.9 Å². The van der Waals surface area contributed by atoms with Crippen LogP contribution in [0.25, 0.3) is 0 Å². The minimum Gasteiger partial charge on any atom is -0.383 e. The van der Waals surface area contributed by atoms with Crippen LogP contribution in [0.5, 0.6) is 0 Å². The second-order valence-electron chi connectivity index (χ2n) is 7.30. The maximum Gasteiger partial charge on any atom is 0.0630 e. The van der Waals surface area contributed by atoms with Crippen molar-refractivity contribution in [3.63, 3.8) is 0 Å². The highest BCUT2D eigenvalue weighted by Gasteiger charge is 2.34. The third-order valence-corrected chi connectivity index (χ3v) is 5.35. The average Bonchev–Trinajstić information content (AvgIpc) is 2.47. The molecule has 4 nitrogen and oxygen atoms in total. The van der Waals surface area contributed by atoms with Gasteiger partial charge in [-0.3, -0.25) is 9.80 Å². The minimum atomic E-state index is 0.571. The molecule has 1 atom stereocenters. The van der Waals surface area contributed by atoms with Gasteiger partial charge in [0.1, 0.15) is 0 Å². The molecule has 0 radical (unpaired) electrons. The van der Waals surface area contributed by atoms with E-state index in [0.29, 0.717) is 18.1 Å². The molecule has 0 aromatic heterocycles. The number of methoxy groups -OCH3 is 1. The number of likely N-dealkylation sites (tertiary alicyclic amines) is 1. The summed E-state index contributed by atoms with van der Waals surface area (Å²) in [6, 6.07) is 2.67. The van der Waals surface area contributed by atoms with Gasteiger partial charge in [-0.1, -0.05) is 0 Å². The number of hydrogen-bond donors (Lipinski definition) is 0. The fraction of sp³-hybridized carbons (Fsp3) is 1.00. The molecule has 2 saturated heterocycles. The van der Waals surface area contributed by atoms with Crippen LogP contribution in [0.2, 0.25) is 0 Å². The molecule has 0 saturated carbocycles. The van der Waals surface area contributed by atoms with Crippen molar-refractivity contribution >= 4 is 0 Å². The Balaban J connectivity index is 1.92. The predicted octanol–water partition coefficient (Wildman–Crippen LogP) is 1.90. The summed E-state index contributed by atoms with van der Waals surface area (Å²) in [5, 5.41) is 0. The van der Waals surface area contributed by atoms with Crippen LogP contribution in [0.1, 0.15) is 40.5 Å². The van der Waals surface area contributed by atoms with Crippen LogP contribution >= 0.6 is 0 Å². The highest BCUT2D eigenvalue weighted by Crippen LogP contribution is 2.23. The molecule has 2 rings (SSSR count). The van der Waals surface area contributed by atoms with E-state index >= 15 is 0 Å². The SMILES string of the molecule is COC[C@H]1CN(C(C)C)CCN1C1CCN(C(C)C)CC1. The lowest BCUT2D eigenvalue weighted by Gasteiger charge is -2.48. The molecule has 21 heavy (non-hydrogen) atoms. The summed E-state index contributed by atoms with van der Waals surface area (Å²) < 4.78 is 5.51. The van der Waals surface area contributed by atoms with Gasteiger partial charge >= 0.3 is 0 Å². The van der Waals surface area contributed by atoms with E-state index in [-0.39, 0.29) is 0 Å². The third kappa shape index (κ3) is 4.41. The lowest BCUT2D eigenvalue weighted by Crippen LogP contribution is -2.61. The molecule has 124 valence electrons. The van der Waals surface area contributed by atoms with E-state index in [2.05, 4.69) is 42.4 Å². The molecule has 2 aliphatic rings. The molecule has 2 aliphatic heterocycles. The van der Waals surface area contributed by atoms with E-state index in [1.54, 1.807) is 0 Å². The van der Waals surface area contributed by atoms with Gasteiger partial charge in [0.15, 0.2) is 0 Å². The van der Waals surface area contributed by atoms with E-state index in [4.69, 9.17) is 4.74 Å². The van der Waals surface area contributed by atoms with Gasteiger partial charge < -0.3 is 9.64 Å². The Morgan fingerprint density at radius 1 is 0.905 bits per heavy atom. The van der Waals surface area contributed by atoms with Gasteiger partial charge in [-0.25, -0.2) is 0 Å². The van der Waals surface area contributed by atoms with Crippen LogP contribution < -0.4 is 0 Å². The molecule has 0 spiro atoms. The number of piperidine rings is 1. The number of hydrogen-bond acceptors (Lipinski definition) is 4. The fourth-order valence-corrected chi connectivity index (χ4v) is 3.92. The first kappa shape index (κ1) is 17.2. The van der Waals surface area contributed by atoms with Crippen LogP contribution in [0.15, 0.2) is 0 Å². The van der Waals surface area contributed by atoms with E-state index in [1.165, 1.54) is 39.0 Å². The molecular formula is C17H35N3O. The molecule has 0 aliphatic carbocycles. The Labute approximate surface area is 131 Å². The van der Waals surface area contributed by atoms with Gasteiger partial charge in [0.2, 0.25) is 0 Å². The molecular weight excluding hydrogens is 262 g/mol. The van der Waals surface area contributed by atoms with Crippen molar-refractivity contribution in [2.45, 2.75) is 64.7 Å². The molecule has 0 aromatic carbocycles. The predicted molar refractivity (Wildman–Crippen MR) is 88.8 cm³/mol. The molecule has 2 fully saturated rings. The maximum absolute atomic E-state index is 5.51. The van der Waals surface area contributed by atoms with Crippen molar-refractivity contribution in [2.75, 3.05) is 46.4 Å². The smallest absolute Gasteiger partial charge is 0.0630 e. The monoisotopic (exact) mass is 297 g/mol. The lowest BCUT2D eigenvalue weighted by atomic mass is 9.98. The van der Waals surface area contributed by atoms with Crippen molar-refractivity contribution in [3.8, 4) is 0 Å². The van der Waals surface area contributed by atoms with Crippen LogP contribution in [0.4, 0.5) is 0 Å². The number of ether oxygens (including phenoxy) is 1. The Morgan fingerprint density at radius 3 is 2.05 bits per heavy atom. The molecule has 2 heterocycles. The zero-order chi connectivity index (χ0) is 15.4. The summed E-state index contributed by atoms with van der Waals surface area (Å²) in [6.07, 6.45) is 2.64.